The molecule has 0 spiro atoms. The first kappa shape index (κ1) is 16.7. The van der Waals surface area contributed by atoms with Crippen LogP contribution in [-0.2, 0) is 0 Å². The van der Waals surface area contributed by atoms with E-state index in [0.29, 0.717) is 22.2 Å². The molecular weight excluding hydrogens is 368 g/mol. The first-order valence-corrected chi connectivity index (χ1v) is 9.73. The number of hydrogen-bond acceptors (Lipinski definition) is 4. The summed E-state index contributed by atoms with van der Waals surface area (Å²) in [4.78, 5) is 9.88. The van der Waals surface area contributed by atoms with Gasteiger partial charge in [-0.1, -0.05) is 36.4 Å². The predicted molar refractivity (Wildman–Crippen MR) is 120 cm³/mol. The Morgan fingerprint density at radius 3 is 1.40 bits per heavy atom. The molecule has 0 amide bonds. The predicted octanol–water partition coefficient (Wildman–Crippen LogP) is 6.04. The Labute approximate surface area is 172 Å². The molecule has 6 aromatic rings. The zero-order valence-electron chi connectivity index (χ0n) is 16.4. The average molecular weight is 382 g/mol. The lowest BCUT2D eigenvalue weighted by Gasteiger charge is -2.16. The van der Waals surface area contributed by atoms with Gasteiger partial charge >= 0.3 is 0 Å². The minimum atomic E-state index is 0.322. The Morgan fingerprint density at radius 2 is 1.00 bits per heavy atom. The number of benzene rings is 5. The monoisotopic (exact) mass is 382 g/mol. The highest BCUT2D eigenvalue weighted by Gasteiger charge is 2.18. The van der Waals surface area contributed by atoms with Crippen molar-refractivity contribution in [3.05, 3.63) is 70.8 Å². The minimum Gasteiger partial charge on any atom is -0.244 e. The molecule has 1 heterocycles. The summed E-state index contributed by atoms with van der Waals surface area (Å²) in [5.74, 6) is 0. The molecule has 0 atom stereocenters. The molecule has 138 valence electrons. The Balaban J connectivity index is 1.95. The molecule has 0 saturated carbocycles. The van der Waals surface area contributed by atoms with Crippen LogP contribution < -0.4 is 0 Å². The van der Waals surface area contributed by atoms with Crippen LogP contribution in [0.3, 0.4) is 0 Å². The fraction of sp³-hybridized carbons (Fsp3) is 0.0769. The van der Waals surface area contributed by atoms with E-state index in [1.807, 2.05) is 0 Å². The number of nitrogens with zero attached hydrogens (tertiary/aromatic N) is 4. The van der Waals surface area contributed by atoms with E-state index >= 15 is 0 Å². The summed E-state index contributed by atoms with van der Waals surface area (Å²) in [5.41, 5.74) is 6.00. The number of aryl methyl sites for hydroxylation is 2. The highest BCUT2D eigenvalue weighted by atomic mass is 14.8. The summed E-state index contributed by atoms with van der Waals surface area (Å²) >= 11 is 0. The normalized spacial score (nSPS) is 11.6. The highest BCUT2D eigenvalue weighted by molar-refractivity contribution is 6.33. The van der Waals surface area contributed by atoms with E-state index in [1.165, 1.54) is 32.7 Å². The minimum absolute atomic E-state index is 0.322. The summed E-state index contributed by atoms with van der Waals surface area (Å²) in [6.07, 6.45) is 0. The third-order valence-corrected chi connectivity index (χ3v) is 6.15. The van der Waals surface area contributed by atoms with Crippen molar-refractivity contribution in [1.29, 1.82) is 10.5 Å². The van der Waals surface area contributed by atoms with Crippen LogP contribution in [0.1, 0.15) is 22.3 Å². The number of fused-ring (bicyclic) bond motifs is 4. The van der Waals surface area contributed by atoms with Gasteiger partial charge in [-0.2, -0.15) is 10.5 Å². The maximum atomic E-state index is 9.41. The van der Waals surface area contributed by atoms with E-state index < -0.39 is 0 Å². The Morgan fingerprint density at radius 1 is 0.600 bits per heavy atom. The molecule has 30 heavy (non-hydrogen) atoms. The molecule has 0 N–H and O–H groups in total. The van der Waals surface area contributed by atoms with Crippen LogP contribution in [0.4, 0.5) is 0 Å². The maximum Gasteiger partial charge on any atom is 0.101 e. The maximum absolute atomic E-state index is 9.41. The molecule has 4 heteroatoms. The van der Waals surface area contributed by atoms with Gasteiger partial charge in [0.05, 0.1) is 33.2 Å². The SMILES string of the molecule is Cc1ccc2c3nc4cc(C#N)c(C#N)cc4nc3c3ccc(C)c4ccc1c2c43. The fourth-order valence-electron chi connectivity index (χ4n) is 4.64. The average Bonchev–Trinajstić information content (AvgIpc) is 2.77. The summed E-state index contributed by atoms with van der Waals surface area (Å²) in [5, 5.41) is 25.8. The molecule has 0 bridgehead atoms. The number of nitriles is 2. The second-order valence-electron chi connectivity index (χ2n) is 7.80. The van der Waals surface area contributed by atoms with Crippen molar-refractivity contribution in [2.75, 3.05) is 0 Å². The summed E-state index contributed by atoms with van der Waals surface area (Å²) < 4.78 is 0. The topological polar surface area (TPSA) is 73.4 Å². The van der Waals surface area contributed by atoms with Crippen molar-refractivity contribution >= 4 is 54.4 Å². The highest BCUT2D eigenvalue weighted by Crippen LogP contribution is 2.41. The van der Waals surface area contributed by atoms with Gasteiger partial charge in [0, 0.05) is 10.8 Å². The van der Waals surface area contributed by atoms with Crippen molar-refractivity contribution in [2.24, 2.45) is 0 Å². The van der Waals surface area contributed by atoms with E-state index in [9.17, 15) is 10.5 Å². The van der Waals surface area contributed by atoms with Gasteiger partial charge in [-0.15, -0.1) is 0 Å². The molecule has 0 aliphatic carbocycles. The lowest BCUT2D eigenvalue weighted by molar-refractivity contribution is 1.38. The molecule has 0 radical (unpaired) electrons. The first-order valence-electron chi connectivity index (χ1n) is 9.73. The Hall–Kier alpha value is -4.28. The summed E-state index contributed by atoms with van der Waals surface area (Å²) in [6.45, 7) is 4.26. The van der Waals surface area contributed by atoms with Crippen molar-refractivity contribution in [3.63, 3.8) is 0 Å². The Bertz CT molecular complexity index is 1650. The first-order chi connectivity index (χ1) is 14.6. The largest absolute Gasteiger partial charge is 0.244 e. The van der Waals surface area contributed by atoms with Gasteiger partial charge in [0.15, 0.2) is 0 Å². The van der Waals surface area contributed by atoms with Gasteiger partial charge in [0.25, 0.3) is 0 Å². The Kier molecular flexibility index (Phi) is 3.12. The van der Waals surface area contributed by atoms with E-state index in [2.05, 4.69) is 62.4 Å². The third kappa shape index (κ3) is 1.98. The van der Waals surface area contributed by atoms with Crippen LogP contribution >= 0.6 is 0 Å². The second kappa shape index (κ2) is 5.63. The van der Waals surface area contributed by atoms with Gasteiger partial charge in [-0.25, -0.2) is 9.97 Å². The lowest BCUT2D eigenvalue weighted by atomic mass is 9.89. The molecule has 0 aliphatic rings. The molecule has 0 saturated heterocycles. The number of rotatable bonds is 0. The van der Waals surface area contributed by atoms with E-state index in [0.717, 1.165) is 21.8 Å². The van der Waals surface area contributed by atoms with Crippen LogP contribution in [0.25, 0.3) is 54.4 Å². The van der Waals surface area contributed by atoms with Crippen LogP contribution in [0.2, 0.25) is 0 Å². The van der Waals surface area contributed by atoms with Crippen LogP contribution in [0, 0.1) is 36.5 Å². The number of hydrogen-bond donors (Lipinski definition) is 0. The zero-order chi connectivity index (χ0) is 20.6. The van der Waals surface area contributed by atoms with Gasteiger partial charge in [0.1, 0.15) is 12.1 Å². The van der Waals surface area contributed by atoms with E-state index in [-0.39, 0.29) is 0 Å². The smallest absolute Gasteiger partial charge is 0.101 e. The molecular formula is C26H14N4. The third-order valence-electron chi connectivity index (χ3n) is 6.15. The van der Waals surface area contributed by atoms with Crippen molar-refractivity contribution in [3.8, 4) is 12.1 Å². The second-order valence-corrected chi connectivity index (χ2v) is 7.80. The molecule has 0 fully saturated rings. The van der Waals surface area contributed by atoms with Crippen LogP contribution in [0.5, 0.6) is 0 Å². The standard InChI is InChI=1S/C26H14N4/c1-13-3-5-19-23-17(13)7-8-18-14(2)4-6-20(24(18)23)26-25(19)29-21-9-15(11-27)16(12-28)10-22(21)30-26/h3-10H,1-2H3. The summed E-state index contributed by atoms with van der Waals surface area (Å²) in [7, 11) is 0. The van der Waals surface area contributed by atoms with Gasteiger partial charge in [-0.05, 0) is 58.7 Å². The number of aromatic nitrogens is 2. The van der Waals surface area contributed by atoms with Crippen molar-refractivity contribution in [1.82, 2.24) is 9.97 Å². The molecule has 6 rings (SSSR count). The zero-order valence-corrected chi connectivity index (χ0v) is 16.4. The van der Waals surface area contributed by atoms with Crippen molar-refractivity contribution in [2.45, 2.75) is 13.8 Å². The molecule has 0 aliphatic heterocycles. The molecule has 5 aromatic carbocycles. The van der Waals surface area contributed by atoms with E-state index in [1.54, 1.807) is 12.1 Å². The van der Waals surface area contributed by atoms with Crippen LogP contribution in [-0.4, -0.2) is 9.97 Å². The lowest BCUT2D eigenvalue weighted by Crippen LogP contribution is -1.96. The van der Waals surface area contributed by atoms with Gasteiger partial charge in [-0.3, -0.25) is 0 Å². The van der Waals surface area contributed by atoms with Gasteiger partial charge < -0.3 is 0 Å². The van der Waals surface area contributed by atoms with Gasteiger partial charge in [0.2, 0.25) is 0 Å². The quantitative estimate of drug-likeness (QED) is 0.237. The molecule has 0 unspecified atom stereocenters. The van der Waals surface area contributed by atoms with E-state index in [4.69, 9.17) is 9.97 Å². The van der Waals surface area contributed by atoms with Crippen LogP contribution in [0.15, 0.2) is 48.5 Å². The van der Waals surface area contributed by atoms with Crippen molar-refractivity contribution < 1.29 is 0 Å². The summed E-state index contributed by atoms with van der Waals surface area (Å²) in [6, 6.07) is 20.4. The fourth-order valence-corrected chi connectivity index (χ4v) is 4.64. The molecule has 1 aromatic heterocycles. The molecule has 4 nitrogen and oxygen atoms in total.